The lowest BCUT2D eigenvalue weighted by atomic mass is 10.2. The SMILES string of the molecule is Cc1ccccc1-n1nc2cc([N+](=O)[O-])cc([N+](=O)[O-])c2n1. The summed E-state index contributed by atoms with van der Waals surface area (Å²) in [6, 6.07) is 9.29. The molecule has 0 aliphatic rings. The second kappa shape index (κ2) is 4.88. The fourth-order valence-corrected chi connectivity index (χ4v) is 2.13. The fourth-order valence-electron chi connectivity index (χ4n) is 2.13. The van der Waals surface area contributed by atoms with Crippen LogP contribution >= 0.6 is 0 Å². The number of para-hydroxylation sites is 1. The third kappa shape index (κ3) is 2.14. The van der Waals surface area contributed by atoms with Gasteiger partial charge in [-0.05, 0) is 18.6 Å². The van der Waals surface area contributed by atoms with Crippen LogP contribution in [0.5, 0.6) is 0 Å². The van der Waals surface area contributed by atoms with E-state index in [0.717, 1.165) is 11.6 Å². The van der Waals surface area contributed by atoms with Gasteiger partial charge in [0.15, 0.2) is 5.52 Å². The molecule has 3 rings (SSSR count). The first kappa shape index (κ1) is 13.6. The van der Waals surface area contributed by atoms with E-state index in [1.807, 2.05) is 19.1 Å². The molecule has 0 saturated heterocycles. The number of benzene rings is 2. The lowest BCUT2D eigenvalue weighted by Gasteiger charge is -2.01. The van der Waals surface area contributed by atoms with Crippen molar-refractivity contribution in [3.05, 3.63) is 62.2 Å². The predicted octanol–water partition coefficient (Wildman–Crippen LogP) is 2.55. The molecule has 0 bridgehead atoms. The van der Waals surface area contributed by atoms with E-state index in [1.54, 1.807) is 12.1 Å². The Morgan fingerprint density at radius 1 is 1.05 bits per heavy atom. The van der Waals surface area contributed by atoms with Gasteiger partial charge in [-0.25, -0.2) is 0 Å². The summed E-state index contributed by atoms with van der Waals surface area (Å²) in [4.78, 5) is 21.8. The van der Waals surface area contributed by atoms with Crippen molar-refractivity contribution in [3.8, 4) is 5.69 Å². The van der Waals surface area contributed by atoms with Gasteiger partial charge >= 0.3 is 5.69 Å². The van der Waals surface area contributed by atoms with Crippen molar-refractivity contribution in [2.45, 2.75) is 6.92 Å². The summed E-state index contributed by atoms with van der Waals surface area (Å²) in [6.45, 7) is 1.85. The van der Waals surface area contributed by atoms with E-state index in [4.69, 9.17) is 0 Å². The second-order valence-corrected chi connectivity index (χ2v) is 4.62. The van der Waals surface area contributed by atoms with Crippen LogP contribution in [-0.2, 0) is 0 Å². The molecule has 1 heterocycles. The first-order chi connectivity index (χ1) is 10.5. The molecule has 0 spiro atoms. The average molecular weight is 299 g/mol. The Morgan fingerprint density at radius 3 is 2.41 bits per heavy atom. The minimum Gasteiger partial charge on any atom is -0.258 e. The number of hydrogen-bond acceptors (Lipinski definition) is 6. The summed E-state index contributed by atoms with van der Waals surface area (Å²) in [5, 5.41) is 30.2. The van der Waals surface area contributed by atoms with E-state index in [0.29, 0.717) is 5.69 Å². The van der Waals surface area contributed by atoms with Crippen LogP contribution in [0.25, 0.3) is 16.7 Å². The van der Waals surface area contributed by atoms with Gasteiger partial charge in [0, 0.05) is 6.07 Å². The summed E-state index contributed by atoms with van der Waals surface area (Å²) in [5.41, 5.74) is 0.804. The third-order valence-electron chi connectivity index (χ3n) is 3.19. The van der Waals surface area contributed by atoms with Crippen LogP contribution in [0.15, 0.2) is 36.4 Å². The van der Waals surface area contributed by atoms with Gasteiger partial charge in [0.1, 0.15) is 5.52 Å². The van der Waals surface area contributed by atoms with Crippen LogP contribution in [0.1, 0.15) is 5.56 Å². The lowest BCUT2D eigenvalue weighted by Crippen LogP contribution is -2.00. The maximum atomic E-state index is 11.1. The normalized spacial score (nSPS) is 10.8. The minimum atomic E-state index is -0.702. The van der Waals surface area contributed by atoms with Gasteiger partial charge in [0.05, 0.1) is 21.6 Å². The Morgan fingerprint density at radius 2 is 1.77 bits per heavy atom. The van der Waals surface area contributed by atoms with Crippen molar-refractivity contribution in [1.29, 1.82) is 0 Å². The topological polar surface area (TPSA) is 117 Å². The maximum absolute atomic E-state index is 11.1. The van der Waals surface area contributed by atoms with Gasteiger partial charge < -0.3 is 0 Å². The number of aryl methyl sites for hydroxylation is 1. The quantitative estimate of drug-likeness (QED) is 0.541. The summed E-state index contributed by atoms with van der Waals surface area (Å²) >= 11 is 0. The van der Waals surface area contributed by atoms with E-state index in [9.17, 15) is 20.2 Å². The number of non-ortho nitro benzene ring substituents is 2. The zero-order valence-electron chi connectivity index (χ0n) is 11.3. The number of fused-ring (bicyclic) bond motifs is 1. The first-order valence-corrected chi connectivity index (χ1v) is 6.23. The van der Waals surface area contributed by atoms with Gasteiger partial charge in [0.2, 0.25) is 0 Å². The highest BCUT2D eigenvalue weighted by Crippen LogP contribution is 2.29. The molecule has 0 atom stereocenters. The summed E-state index contributed by atoms with van der Waals surface area (Å²) in [7, 11) is 0. The third-order valence-corrected chi connectivity index (χ3v) is 3.19. The summed E-state index contributed by atoms with van der Waals surface area (Å²) in [5.74, 6) is 0. The van der Waals surface area contributed by atoms with Gasteiger partial charge in [-0.15, -0.1) is 15.0 Å². The molecule has 0 fully saturated rings. The fraction of sp³-hybridized carbons (Fsp3) is 0.0769. The Hall–Kier alpha value is -3.36. The highest BCUT2D eigenvalue weighted by atomic mass is 16.6. The van der Waals surface area contributed by atoms with E-state index < -0.39 is 21.2 Å². The van der Waals surface area contributed by atoms with E-state index in [2.05, 4.69) is 10.2 Å². The molecular weight excluding hydrogens is 290 g/mol. The predicted molar refractivity (Wildman–Crippen MR) is 76.9 cm³/mol. The molecule has 2 aromatic carbocycles. The molecule has 22 heavy (non-hydrogen) atoms. The molecule has 0 saturated carbocycles. The zero-order valence-corrected chi connectivity index (χ0v) is 11.3. The Kier molecular flexibility index (Phi) is 3.02. The molecule has 0 unspecified atom stereocenters. The van der Waals surface area contributed by atoms with E-state index >= 15 is 0 Å². The number of hydrogen-bond donors (Lipinski definition) is 0. The largest absolute Gasteiger partial charge is 0.305 e. The smallest absolute Gasteiger partial charge is 0.258 e. The van der Waals surface area contributed by atoms with Crippen LogP contribution < -0.4 is 0 Å². The lowest BCUT2D eigenvalue weighted by molar-refractivity contribution is -0.393. The average Bonchev–Trinajstić information content (AvgIpc) is 2.89. The van der Waals surface area contributed by atoms with Crippen molar-refractivity contribution in [2.24, 2.45) is 0 Å². The van der Waals surface area contributed by atoms with Crippen molar-refractivity contribution in [2.75, 3.05) is 0 Å². The molecule has 0 amide bonds. The second-order valence-electron chi connectivity index (χ2n) is 4.62. The molecule has 3 aromatic rings. The number of rotatable bonds is 3. The molecule has 9 nitrogen and oxygen atoms in total. The van der Waals surface area contributed by atoms with Gasteiger partial charge in [-0.3, -0.25) is 20.2 Å². The molecule has 0 aliphatic carbocycles. The van der Waals surface area contributed by atoms with Crippen molar-refractivity contribution in [1.82, 2.24) is 15.0 Å². The standard InChI is InChI=1S/C13H9N5O4/c1-8-4-2-3-5-11(8)16-14-10-6-9(17(19)20)7-12(18(21)22)13(10)15-16/h2-7H,1H3. The van der Waals surface area contributed by atoms with E-state index in [-0.39, 0.29) is 11.0 Å². The van der Waals surface area contributed by atoms with Crippen molar-refractivity contribution >= 4 is 22.4 Å². The maximum Gasteiger partial charge on any atom is 0.305 e. The molecule has 0 aliphatic heterocycles. The number of nitrogens with zero attached hydrogens (tertiary/aromatic N) is 5. The molecule has 0 N–H and O–H groups in total. The van der Waals surface area contributed by atoms with Crippen molar-refractivity contribution in [3.63, 3.8) is 0 Å². The van der Waals surface area contributed by atoms with Crippen LogP contribution in [0.3, 0.4) is 0 Å². The first-order valence-electron chi connectivity index (χ1n) is 6.23. The Balaban J connectivity index is 2.29. The van der Waals surface area contributed by atoms with Crippen LogP contribution in [0.2, 0.25) is 0 Å². The number of nitro groups is 2. The highest BCUT2D eigenvalue weighted by Gasteiger charge is 2.23. The van der Waals surface area contributed by atoms with Crippen LogP contribution in [0.4, 0.5) is 11.4 Å². The van der Waals surface area contributed by atoms with Crippen molar-refractivity contribution < 1.29 is 9.85 Å². The highest BCUT2D eigenvalue weighted by molar-refractivity contribution is 5.86. The molecule has 0 radical (unpaired) electrons. The molecule has 110 valence electrons. The Labute approximate surface area is 123 Å². The number of aromatic nitrogens is 3. The Bertz CT molecular complexity index is 918. The molecular formula is C13H9N5O4. The molecule has 1 aromatic heterocycles. The molecule has 9 heteroatoms. The minimum absolute atomic E-state index is 0.0128. The zero-order chi connectivity index (χ0) is 15.9. The summed E-state index contributed by atoms with van der Waals surface area (Å²) in [6.07, 6.45) is 0. The summed E-state index contributed by atoms with van der Waals surface area (Å²) < 4.78 is 0. The monoisotopic (exact) mass is 299 g/mol. The van der Waals surface area contributed by atoms with Gasteiger partial charge in [-0.1, -0.05) is 18.2 Å². The van der Waals surface area contributed by atoms with Gasteiger partial charge in [-0.2, -0.15) is 0 Å². The van der Waals surface area contributed by atoms with Crippen LogP contribution in [0, 0.1) is 27.2 Å². The van der Waals surface area contributed by atoms with Crippen LogP contribution in [-0.4, -0.2) is 24.8 Å². The number of nitro benzene ring substituents is 2. The van der Waals surface area contributed by atoms with Gasteiger partial charge in [0.25, 0.3) is 5.69 Å². The van der Waals surface area contributed by atoms with E-state index in [1.165, 1.54) is 10.9 Å².